The number of rotatable bonds is 5. The van der Waals surface area contributed by atoms with Crippen molar-refractivity contribution in [2.45, 2.75) is 26.3 Å². The van der Waals surface area contributed by atoms with Gasteiger partial charge in [-0.25, -0.2) is 4.79 Å². The Hall–Kier alpha value is -1.71. The zero-order valence-electron chi connectivity index (χ0n) is 10.7. The van der Waals surface area contributed by atoms with E-state index in [1.54, 1.807) is 7.11 Å². The molecule has 17 heavy (non-hydrogen) atoms. The minimum atomic E-state index is -0.328. The molecule has 1 atom stereocenters. The zero-order valence-corrected chi connectivity index (χ0v) is 10.7. The summed E-state index contributed by atoms with van der Waals surface area (Å²) in [5.41, 5.74) is 1.95. The number of nitrogens with one attached hydrogen (secondary N) is 1. The fraction of sp³-hybridized carbons (Fsp3) is 0.462. The first-order valence-electron chi connectivity index (χ1n) is 5.61. The number of anilines is 1. The Balaban J connectivity index is 2.88. The van der Waals surface area contributed by atoms with Crippen molar-refractivity contribution in [1.29, 1.82) is 0 Å². The molecule has 0 bridgehead atoms. The van der Waals surface area contributed by atoms with Crippen LogP contribution in [0.15, 0.2) is 18.2 Å². The second kappa shape index (κ2) is 6.13. The van der Waals surface area contributed by atoms with E-state index >= 15 is 0 Å². The summed E-state index contributed by atoms with van der Waals surface area (Å²) in [4.78, 5) is 11.5. The van der Waals surface area contributed by atoms with Crippen molar-refractivity contribution in [3.63, 3.8) is 0 Å². The Bertz CT molecular complexity index is 390. The molecule has 1 rings (SSSR count). The van der Waals surface area contributed by atoms with Crippen LogP contribution >= 0.6 is 0 Å². The van der Waals surface area contributed by atoms with Crippen LogP contribution in [-0.2, 0) is 9.53 Å². The number of esters is 1. The normalized spacial score (nSPS) is 11.8. The Kier molecular flexibility index (Phi) is 4.82. The predicted octanol–water partition coefficient (Wildman–Crippen LogP) is 2.37. The fourth-order valence-corrected chi connectivity index (χ4v) is 1.54. The summed E-state index contributed by atoms with van der Waals surface area (Å²) in [6.07, 6.45) is 0.670. The van der Waals surface area contributed by atoms with E-state index in [1.807, 2.05) is 32.0 Å². The maximum Gasteiger partial charge on any atom is 0.328 e. The van der Waals surface area contributed by atoms with E-state index in [0.717, 1.165) is 17.0 Å². The van der Waals surface area contributed by atoms with Crippen molar-refractivity contribution in [2.24, 2.45) is 0 Å². The molecule has 4 heteroatoms. The molecular weight excluding hydrogens is 218 g/mol. The quantitative estimate of drug-likeness (QED) is 0.799. The summed E-state index contributed by atoms with van der Waals surface area (Å²) in [5, 5.41) is 3.17. The molecular formula is C13H19NO3. The number of carbonyl (C=O) groups excluding carboxylic acids is 1. The third kappa shape index (κ3) is 3.37. The minimum Gasteiger partial charge on any atom is -0.497 e. The summed E-state index contributed by atoms with van der Waals surface area (Å²) < 4.78 is 9.89. The standard InChI is InChI=1S/C13H19NO3/c1-5-11(13(15)17-4)14-12-8-10(16-3)7-6-9(12)2/h6-8,11,14H,5H2,1-4H3. The summed E-state index contributed by atoms with van der Waals surface area (Å²) in [5.74, 6) is 0.507. The van der Waals surface area contributed by atoms with Crippen molar-refractivity contribution in [3.8, 4) is 5.75 Å². The molecule has 1 aromatic carbocycles. The highest BCUT2D eigenvalue weighted by Gasteiger charge is 2.17. The number of carbonyl (C=O) groups is 1. The van der Waals surface area contributed by atoms with Gasteiger partial charge < -0.3 is 14.8 Å². The van der Waals surface area contributed by atoms with Gasteiger partial charge in [0.05, 0.1) is 14.2 Å². The topological polar surface area (TPSA) is 47.6 Å². The number of benzene rings is 1. The molecule has 4 nitrogen and oxygen atoms in total. The third-order valence-corrected chi connectivity index (χ3v) is 2.67. The maximum atomic E-state index is 11.5. The van der Waals surface area contributed by atoms with Gasteiger partial charge in [-0.3, -0.25) is 0 Å². The minimum absolute atomic E-state index is 0.255. The molecule has 0 heterocycles. The third-order valence-electron chi connectivity index (χ3n) is 2.67. The summed E-state index contributed by atoms with van der Waals surface area (Å²) in [6, 6.07) is 5.39. The molecule has 0 aliphatic rings. The van der Waals surface area contributed by atoms with Crippen molar-refractivity contribution in [3.05, 3.63) is 23.8 Å². The van der Waals surface area contributed by atoms with Gasteiger partial charge in [0.15, 0.2) is 0 Å². The Labute approximate surface area is 102 Å². The SMILES string of the molecule is CCC(Nc1cc(OC)ccc1C)C(=O)OC. The average Bonchev–Trinajstić information content (AvgIpc) is 2.36. The lowest BCUT2D eigenvalue weighted by Crippen LogP contribution is -2.30. The highest BCUT2D eigenvalue weighted by molar-refractivity contribution is 5.79. The lowest BCUT2D eigenvalue weighted by atomic mass is 10.1. The highest BCUT2D eigenvalue weighted by atomic mass is 16.5. The van der Waals surface area contributed by atoms with E-state index in [4.69, 9.17) is 9.47 Å². The van der Waals surface area contributed by atoms with Crippen molar-refractivity contribution in [2.75, 3.05) is 19.5 Å². The van der Waals surface area contributed by atoms with Gasteiger partial charge in [0, 0.05) is 11.8 Å². The van der Waals surface area contributed by atoms with Gasteiger partial charge in [0.25, 0.3) is 0 Å². The van der Waals surface area contributed by atoms with Crippen LogP contribution in [0.5, 0.6) is 5.75 Å². The molecule has 0 saturated heterocycles. The summed E-state index contributed by atoms with van der Waals surface area (Å²) in [7, 11) is 3.01. The highest BCUT2D eigenvalue weighted by Crippen LogP contribution is 2.22. The number of methoxy groups -OCH3 is 2. The van der Waals surface area contributed by atoms with Crippen LogP contribution in [-0.4, -0.2) is 26.2 Å². The summed E-state index contributed by atoms with van der Waals surface area (Å²) >= 11 is 0. The molecule has 1 N–H and O–H groups in total. The number of ether oxygens (including phenoxy) is 2. The molecule has 0 aromatic heterocycles. The number of hydrogen-bond donors (Lipinski definition) is 1. The van der Waals surface area contributed by atoms with Gasteiger partial charge in [-0.2, -0.15) is 0 Å². The van der Waals surface area contributed by atoms with Crippen LogP contribution in [0.4, 0.5) is 5.69 Å². The molecule has 0 spiro atoms. The lowest BCUT2D eigenvalue weighted by molar-refractivity contribution is -0.141. The van der Waals surface area contributed by atoms with Crippen molar-refractivity contribution >= 4 is 11.7 Å². The number of aryl methyl sites for hydroxylation is 1. The predicted molar refractivity (Wildman–Crippen MR) is 67.4 cm³/mol. The van der Waals surface area contributed by atoms with E-state index in [0.29, 0.717) is 6.42 Å². The van der Waals surface area contributed by atoms with Crippen LogP contribution in [0, 0.1) is 6.92 Å². The van der Waals surface area contributed by atoms with Gasteiger partial charge in [-0.05, 0) is 25.0 Å². The first-order valence-corrected chi connectivity index (χ1v) is 5.61. The monoisotopic (exact) mass is 237 g/mol. The van der Waals surface area contributed by atoms with E-state index < -0.39 is 0 Å². The Morgan fingerprint density at radius 2 is 2.12 bits per heavy atom. The van der Waals surface area contributed by atoms with Crippen LogP contribution in [0.3, 0.4) is 0 Å². The van der Waals surface area contributed by atoms with Crippen molar-refractivity contribution < 1.29 is 14.3 Å². The zero-order chi connectivity index (χ0) is 12.8. The largest absolute Gasteiger partial charge is 0.497 e. The Morgan fingerprint density at radius 1 is 1.41 bits per heavy atom. The molecule has 1 unspecified atom stereocenters. The molecule has 0 amide bonds. The van der Waals surface area contributed by atoms with Gasteiger partial charge in [0.2, 0.25) is 0 Å². The molecule has 1 aromatic rings. The molecule has 94 valence electrons. The van der Waals surface area contributed by atoms with Gasteiger partial charge in [-0.1, -0.05) is 13.0 Å². The first kappa shape index (κ1) is 13.4. The number of hydrogen-bond acceptors (Lipinski definition) is 4. The first-order chi connectivity index (χ1) is 8.12. The molecule has 0 aliphatic heterocycles. The second-order valence-corrected chi connectivity index (χ2v) is 3.81. The Morgan fingerprint density at radius 3 is 2.65 bits per heavy atom. The van der Waals surface area contributed by atoms with Crippen molar-refractivity contribution in [1.82, 2.24) is 0 Å². The lowest BCUT2D eigenvalue weighted by Gasteiger charge is -2.18. The average molecular weight is 237 g/mol. The van der Waals surface area contributed by atoms with Gasteiger partial charge in [0.1, 0.15) is 11.8 Å². The molecule has 0 saturated carbocycles. The maximum absolute atomic E-state index is 11.5. The van der Waals surface area contributed by atoms with Crippen LogP contribution in [0.1, 0.15) is 18.9 Å². The summed E-state index contributed by atoms with van der Waals surface area (Å²) in [6.45, 7) is 3.91. The van der Waals surface area contributed by atoms with E-state index in [1.165, 1.54) is 7.11 Å². The van der Waals surface area contributed by atoms with E-state index in [2.05, 4.69) is 5.32 Å². The van der Waals surface area contributed by atoms with E-state index in [9.17, 15) is 4.79 Å². The van der Waals surface area contributed by atoms with Gasteiger partial charge in [-0.15, -0.1) is 0 Å². The van der Waals surface area contributed by atoms with E-state index in [-0.39, 0.29) is 12.0 Å². The van der Waals surface area contributed by atoms with Crippen LogP contribution < -0.4 is 10.1 Å². The molecule has 0 fully saturated rings. The fourth-order valence-electron chi connectivity index (χ4n) is 1.54. The van der Waals surface area contributed by atoms with Crippen LogP contribution in [0.2, 0.25) is 0 Å². The molecule has 0 aliphatic carbocycles. The van der Waals surface area contributed by atoms with Crippen LogP contribution in [0.25, 0.3) is 0 Å². The molecule has 0 radical (unpaired) electrons. The van der Waals surface area contributed by atoms with Gasteiger partial charge >= 0.3 is 5.97 Å². The second-order valence-electron chi connectivity index (χ2n) is 3.81. The smallest absolute Gasteiger partial charge is 0.328 e.